The van der Waals surface area contributed by atoms with Crippen LogP contribution in [0.25, 0.3) is 0 Å². The molecule has 0 aliphatic rings. The van der Waals surface area contributed by atoms with Gasteiger partial charge in [-0.15, -0.1) is 0 Å². The number of halogens is 1. The summed E-state index contributed by atoms with van der Waals surface area (Å²) in [4.78, 5) is 0. The van der Waals surface area contributed by atoms with Crippen LogP contribution in [0.1, 0.15) is 6.42 Å². The standard InChI is InChI=1S/C5H7ClOS/c1-4(6)3-5(8)7-2/h1,3H2,2H3. The lowest BCUT2D eigenvalue weighted by atomic mass is 10.4. The molecule has 46 valence electrons. The molecule has 0 saturated carbocycles. The molecule has 0 aliphatic heterocycles. The van der Waals surface area contributed by atoms with Crippen LogP contribution in [-0.2, 0) is 4.74 Å². The molecule has 0 fully saturated rings. The Hall–Kier alpha value is -0.0800. The third-order valence-corrected chi connectivity index (χ3v) is 1.01. The summed E-state index contributed by atoms with van der Waals surface area (Å²) >= 11 is 10.1. The zero-order valence-electron chi connectivity index (χ0n) is 4.61. The lowest BCUT2D eigenvalue weighted by Gasteiger charge is -1.96. The van der Waals surface area contributed by atoms with Gasteiger partial charge < -0.3 is 4.74 Å². The SMILES string of the molecule is C=C(Cl)CC(=S)OC. The van der Waals surface area contributed by atoms with Gasteiger partial charge in [0, 0.05) is 5.03 Å². The summed E-state index contributed by atoms with van der Waals surface area (Å²) in [7, 11) is 1.52. The molecule has 0 aromatic carbocycles. The average molecular weight is 151 g/mol. The zero-order valence-corrected chi connectivity index (χ0v) is 6.18. The molecule has 0 unspecified atom stereocenters. The highest BCUT2D eigenvalue weighted by molar-refractivity contribution is 7.80. The van der Waals surface area contributed by atoms with E-state index in [9.17, 15) is 0 Å². The minimum Gasteiger partial charge on any atom is -0.490 e. The predicted octanol–water partition coefficient (Wildman–Crippen LogP) is 2.10. The zero-order chi connectivity index (χ0) is 6.57. The van der Waals surface area contributed by atoms with E-state index in [0.29, 0.717) is 16.5 Å². The first-order valence-electron chi connectivity index (χ1n) is 2.07. The summed E-state index contributed by atoms with van der Waals surface area (Å²) in [5, 5.41) is 0.988. The van der Waals surface area contributed by atoms with Gasteiger partial charge in [-0.1, -0.05) is 18.2 Å². The normalized spacial score (nSPS) is 8.25. The van der Waals surface area contributed by atoms with Crippen LogP contribution in [0.15, 0.2) is 11.6 Å². The molecular weight excluding hydrogens is 144 g/mol. The smallest absolute Gasteiger partial charge is 0.164 e. The fourth-order valence-corrected chi connectivity index (χ4v) is 0.604. The first-order chi connectivity index (χ1) is 3.66. The molecule has 0 rings (SSSR count). The van der Waals surface area contributed by atoms with Gasteiger partial charge in [0.15, 0.2) is 5.05 Å². The number of hydrogen-bond donors (Lipinski definition) is 0. The summed E-state index contributed by atoms with van der Waals surface area (Å²) in [5.74, 6) is 0. The van der Waals surface area contributed by atoms with E-state index in [1.54, 1.807) is 0 Å². The van der Waals surface area contributed by atoms with E-state index in [0.717, 1.165) is 0 Å². The molecule has 0 aromatic rings. The number of rotatable bonds is 2. The fraction of sp³-hybridized carbons (Fsp3) is 0.400. The van der Waals surface area contributed by atoms with Gasteiger partial charge in [-0.3, -0.25) is 0 Å². The fourth-order valence-electron chi connectivity index (χ4n) is 0.229. The van der Waals surface area contributed by atoms with Gasteiger partial charge in [-0.2, -0.15) is 0 Å². The first-order valence-corrected chi connectivity index (χ1v) is 2.85. The lowest BCUT2D eigenvalue weighted by molar-refractivity contribution is 0.406. The number of ether oxygens (including phenoxy) is 1. The Morgan fingerprint density at radius 1 is 1.88 bits per heavy atom. The van der Waals surface area contributed by atoms with Crippen molar-refractivity contribution in [3.63, 3.8) is 0 Å². The third-order valence-electron chi connectivity index (χ3n) is 0.564. The average Bonchev–Trinajstić information content (AvgIpc) is 1.65. The molecule has 0 bridgehead atoms. The Labute approximate surface area is 59.3 Å². The second-order valence-corrected chi connectivity index (χ2v) is 2.26. The maximum absolute atomic E-state index is 5.39. The summed E-state index contributed by atoms with van der Waals surface area (Å²) in [6.45, 7) is 3.44. The summed E-state index contributed by atoms with van der Waals surface area (Å²) in [6, 6.07) is 0. The van der Waals surface area contributed by atoms with Crippen molar-refractivity contribution in [1.82, 2.24) is 0 Å². The monoisotopic (exact) mass is 150 g/mol. The van der Waals surface area contributed by atoms with Gasteiger partial charge in [0.1, 0.15) is 0 Å². The molecule has 0 aromatic heterocycles. The van der Waals surface area contributed by atoms with Gasteiger partial charge in [0.25, 0.3) is 0 Å². The van der Waals surface area contributed by atoms with E-state index in [-0.39, 0.29) is 0 Å². The van der Waals surface area contributed by atoms with Crippen LogP contribution in [0.4, 0.5) is 0 Å². The maximum Gasteiger partial charge on any atom is 0.164 e. The minimum absolute atomic E-state index is 0.466. The van der Waals surface area contributed by atoms with Crippen molar-refractivity contribution >= 4 is 28.9 Å². The van der Waals surface area contributed by atoms with Crippen molar-refractivity contribution in [1.29, 1.82) is 0 Å². The van der Waals surface area contributed by atoms with Crippen LogP contribution >= 0.6 is 23.8 Å². The topological polar surface area (TPSA) is 9.23 Å². The first kappa shape index (κ1) is 7.92. The van der Waals surface area contributed by atoms with Gasteiger partial charge in [-0.25, -0.2) is 0 Å². The quantitative estimate of drug-likeness (QED) is 0.558. The molecule has 0 spiro atoms. The molecule has 3 heteroatoms. The molecule has 1 nitrogen and oxygen atoms in total. The Kier molecular flexibility index (Phi) is 3.83. The molecular formula is C5H7ClOS. The van der Waals surface area contributed by atoms with Crippen molar-refractivity contribution in [2.45, 2.75) is 6.42 Å². The van der Waals surface area contributed by atoms with Gasteiger partial charge >= 0.3 is 0 Å². The Balaban J connectivity index is 3.40. The molecule has 0 amide bonds. The second kappa shape index (κ2) is 3.87. The van der Waals surface area contributed by atoms with E-state index in [2.05, 4.69) is 23.5 Å². The van der Waals surface area contributed by atoms with Crippen LogP contribution < -0.4 is 0 Å². The molecule has 0 atom stereocenters. The summed E-state index contributed by atoms with van der Waals surface area (Å²) in [5.41, 5.74) is 0. The molecule has 8 heavy (non-hydrogen) atoms. The van der Waals surface area contributed by atoms with Crippen LogP contribution in [0.2, 0.25) is 0 Å². The van der Waals surface area contributed by atoms with E-state index in [1.165, 1.54) is 7.11 Å². The maximum atomic E-state index is 5.39. The Morgan fingerprint density at radius 3 is 2.50 bits per heavy atom. The predicted molar refractivity (Wildman–Crippen MR) is 39.2 cm³/mol. The number of methoxy groups -OCH3 is 1. The highest BCUT2D eigenvalue weighted by atomic mass is 35.5. The van der Waals surface area contributed by atoms with Gasteiger partial charge in [0.2, 0.25) is 0 Å². The van der Waals surface area contributed by atoms with E-state index in [4.69, 9.17) is 11.6 Å². The molecule has 0 N–H and O–H groups in total. The van der Waals surface area contributed by atoms with Crippen molar-refractivity contribution in [2.75, 3.05) is 7.11 Å². The van der Waals surface area contributed by atoms with Gasteiger partial charge in [0.05, 0.1) is 13.5 Å². The van der Waals surface area contributed by atoms with Crippen molar-refractivity contribution < 1.29 is 4.74 Å². The second-order valence-electron chi connectivity index (χ2n) is 1.27. The Morgan fingerprint density at radius 2 is 2.38 bits per heavy atom. The number of thiocarbonyl (C=S) groups is 1. The Bertz CT molecular complexity index is 111. The van der Waals surface area contributed by atoms with E-state index >= 15 is 0 Å². The van der Waals surface area contributed by atoms with Crippen LogP contribution in [0, 0.1) is 0 Å². The molecule has 0 aliphatic carbocycles. The molecule has 0 radical (unpaired) electrons. The van der Waals surface area contributed by atoms with Crippen LogP contribution in [-0.4, -0.2) is 12.2 Å². The van der Waals surface area contributed by atoms with E-state index < -0.39 is 0 Å². The van der Waals surface area contributed by atoms with E-state index in [1.807, 2.05) is 0 Å². The lowest BCUT2D eigenvalue weighted by Crippen LogP contribution is -1.94. The largest absolute Gasteiger partial charge is 0.490 e. The summed E-state index contributed by atoms with van der Waals surface area (Å²) < 4.78 is 4.65. The minimum atomic E-state index is 0.466. The van der Waals surface area contributed by atoms with Crippen LogP contribution in [0.5, 0.6) is 0 Å². The molecule has 0 saturated heterocycles. The van der Waals surface area contributed by atoms with Crippen molar-refractivity contribution in [3.05, 3.63) is 11.6 Å². The van der Waals surface area contributed by atoms with Gasteiger partial charge in [-0.05, 0) is 12.2 Å². The summed E-state index contributed by atoms with van der Waals surface area (Å²) in [6.07, 6.45) is 0.466. The van der Waals surface area contributed by atoms with Crippen LogP contribution in [0.3, 0.4) is 0 Å². The van der Waals surface area contributed by atoms with Crippen molar-refractivity contribution in [3.8, 4) is 0 Å². The van der Waals surface area contributed by atoms with Crippen molar-refractivity contribution in [2.24, 2.45) is 0 Å². The highest BCUT2D eigenvalue weighted by Crippen LogP contribution is 2.04. The highest BCUT2D eigenvalue weighted by Gasteiger charge is 1.93. The number of hydrogen-bond acceptors (Lipinski definition) is 2. The third kappa shape index (κ3) is 4.09. The molecule has 0 heterocycles.